The van der Waals surface area contributed by atoms with Gasteiger partial charge in [-0.2, -0.15) is 5.26 Å². The topological polar surface area (TPSA) is 92.2 Å². The van der Waals surface area contributed by atoms with Gasteiger partial charge in [0.15, 0.2) is 0 Å². The van der Waals surface area contributed by atoms with Gasteiger partial charge in [-0.3, -0.25) is 9.59 Å². The van der Waals surface area contributed by atoms with Gasteiger partial charge in [-0.1, -0.05) is 18.9 Å². The first-order chi connectivity index (χ1) is 15.9. The first-order valence-corrected chi connectivity index (χ1v) is 12.2. The minimum absolute atomic E-state index is 0.0982. The van der Waals surface area contributed by atoms with Gasteiger partial charge in [0.05, 0.1) is 6.07 Å². The molecule has 5 rings (SSSR count). The third-order valence-corrected chi connectivity index (χ3v) is 7.60. The number of benzene rings is 1. The fourth-order valence-electron chi connectivity index (χ4n) is 5.61. The Balaban J connectivity index is 1.35. The van der Waals surface area contributed by atoms with Gasteiger partial charge >= 0.3 is 0 Å². The number of amides is 2. The molecule has 1 aromatic heterocycles. The van der Waals surface area contributed by atoms with Crippen LogP contribution >= 0.6 is 0 Å². The van der Waals surface area contributed by atoms with Crippen LogP contribution < -0.4 is 5.32 Å². The lowest BCUT2D eigenvalue weighted by Gasteiger charge is -2.36. The Kier molecular flexibility index (Phi) is 5.65. The van der Waals surface area contributed by atoms with Crippen LogP contribution in [0.2, 0.25) is 0 Å². The highest BCUT2D eigenvalue weighted by Gasteiger charge is 2.47. The number of carbonyl (C=O) groups is 2. The van der Waals surface area contributed by atoms with Gasteiger partial charge < -0.3 is 20.1 Å². The lowest BCUT2D eigenvalue weighted by molar-refractivity contribution is -0.144. The van der Waals surface area contributed by atoms with Crippen molar-refractivity contribution in [2.75, 3.05) is 20.6 Å². The molecule has 7 nitrogen and oxygen atoms in total. The summed E-state index contributed by atoms with van der Waals surface area (Å²) < 4.78 is 0. The van der Waals surface area contributed by atoms with E-state index in [9.17, 15) is 14.9 Å². The van der Waals surface area contributed by atoms with E-state index in [1.165, 1.54) is 22.2 Å². The first kappa shape index (κ1) is 22.0. The largest absolute Gasteiger partial charge is 0.358 e. The molecule has 33 heavy (non-hydrogen) atoms. The average molecular weight is 448 g/mol. The predicted molar refractivity (Wildman–Crippen MR) is 126 cm³/mol. The Morgan fingerprint density at radius 1 is 1.24 bits per heavy atom. The molecule has 0 saturated heterocycles. The van der Waals surface area contributed by atoms with Crippen LogP contribution in [0.15, 0.2) is 18.2 Å². The number of nitrogens with one attached hydrogen (secondary N) is 2. The summed E-state index contributed by atoms with van der Waals surface area (Å²) in [5.74, 6) is -0.622. The molecule has 2 N–H and O–H groups in total. The van der Waals surface area contributed by atoms with Gasteiger partial charge in [0.1, 0.15) is 5.54 Å². The smallest absolute Gasteiger partial charge is 0.226 e. The third kappa shape index (κ3) is 4.24. The molecule has 7 heteroatoms. The summed E-state index contributed by atoms with van der Waals surface area (Å²) in [5, 5.41) is 13.5. The molecule has 2 aromatic rings. The Morgan fingerprint density at radius 2 is 2.00 bits per heavy atom. The highest BCUT2D eigenvalue weighted by Crippen LogP contribution is 2.38. The summed E-state index contributed by atoms with van der Waals surface area (Å²) >= 11 is 0. The third-order valence-electron chi connectivity index (χ3n) is 7.60. The van der Waals surface area contributed by atoms with Gasteiger partial charge in [-0.25, -0.2) is 0 Å². The van der Waals surface area contributed by atoms with Crippen molar-refractivity contribution in [3.63, 3.8) is 0 Å². The zero-order chi connectivity index (χ0) is 23.2. The van der Waals surface area contributed by atoms with Crippen LogP contribution in [0, 0.1) is 23.2 Å². The van der Waals surface area contributed by atoms with E-state index in [4.69, 9.17) is 0 Å². The van der Waals surface area contributed by atoms with E-state index in [1.54, 1.807) is 0 Å². The van der Waals surface area contributed by atoms with Crippen molar-refractivity contribution in [1.29, 1.82) is 5.26 Å². The molecular formula is C26H33N5O2. The number of aromatic nitrogens is 1. The van der Waals surface area contributed by atoms with Crippen molar-refractivity contribution >= 4 is 22.7 Å². The fraction of sp³-hybridized carbons (Fsp3) is 0.577. The average Bonchev–Trinajstić information content (AvgIpc) is 3.50. The normalized spacial score (nSPS) is 23.8. The molecule has 2 atom stereocenters. The lowest BCUT2D eigenvalue weighted by Crippen LogP contribution is -2.48. The summed E-state index contributed by atoms with van der Waals surface area (Å²) in [6, 6.07) is 8.78. The van der Waals surface area contributed by atoms with Crippen molar-refractivity contribution in [3.8, 4) is 6.07 Å². The van der Waals surface area contributed by atoms with Crippen LogP contribution in [-0.2, 0) is 29.1 Å². The Hall–Kier alpha value is -2.85. The molecular weight excluding hydrogens is 414 g/mol. The number of aromatic amines is 1. The van der Waals surface area contributed by atoms with Gasteiger partial charge in [0.25, 0.3) is 0 Å². The number of H-pyrrole nitrogens is 1. The maximum absolute atomic E-state index is 13.7. The van der Waals surface area contributed by atoms with Crippen LogP contribution in [-0.4, -0.2) is 52.8 Å². The van der Waals surface area contributed by atoms with Gasteiger partial charge in [0.2, 0.25) is 11.8 Å². The minimum atomic E-state index is -0.684. The zero-order valence-corrected chi connectivity index (χ0v) is 19.6. The monoisotopic (exact) mass is 447 g/mol. The number of hydrogen-bond acceptors (Lipinski definition) is 4. The molecule has 2 amide bonds. The van der Waals surface area contributed by atoms with Crippen LogP contribution in [0.25, 0.3) is 10.9 Å². The second kappa shape index (κ2) is 8.49. The number of hydrogen-bond donors (Lipinski definition) is 2. The number of rotatable bonds is 5. The van der Waals surface area contributed by atoms with Crippen molar-refractivity contribution in [2.45, 2.75) is 63.6 Å². The fourth-order valence-corrected chi connectivity index (χ4v) is 5.61. The van der Waals surface area contributed by atoms with E-state index >= 15 is 0 Å². The standard InChI is InChI=1S/C26H33N5O2/c1-30(2)14-17-7-8-22-20(13-17)21-15-31(12-9-23(21)28-22)25(33)19-6-4-3-5-18(19)24(32)29-26(16-27)10-11-26/h7-8,13,18-19,28H,3-6,9-12,14-15H2,1-2H3,(H,29,32). The molecule has 2 unspecified atom stereocenters. The van der Waals surface area contributed by atoms with E-state index in [1.807, 2.05) is 4.90 Å². The second-order valence-corrected chi connectivity index (χ2v) is 10.4. The number of nitriles is 1. The van der Waals surface area contributed by atoms with Crippen LogP contribution in [0.4, 0.5) is 0 Å². The van der Waals surface area contributed by atoms with Gasteiger partial charge in [0, 0.05) is 60.1 Å². The highest BCUT2D eigenvalue weighted by molar-refractivity contribution is 5.90. The van der Waals surface area contributed by atoms with Crippen molar-refractivity contribution < 1.29 is 9.59 Å². The quantitative estimate of drug-likeness (QED) is 0.737. The molecule has 1 aliphatic heterocycles. The SMILES string of the molecule is CN(C)Cc1ccc2[nH]c3c(c2c1)CN(C(=O)C1CCCCC1C(=O)NC1(C#N)CC1)CC3. The molecule has 0 bridgehead atoms. The maximum atomic E-state index is 13.7. The van der Waals surface area contributed by atoms with Crippen molar-refractivity contribution in [2.24, 2.45) is 11.8 Å². The number of carbonyl (C=O) groups excluding carboxylic acids is 2. The van der Waals surface area contributed by atoms with Crippen LogP contribution in [0.3, 0.4) is 0 Å². The molecule has 174 valence electrons. The molecule has 3 aliphatic rings. The minimum Gasteiger partial charge on any atom is -0.358 e. The molecule has 0 radical (unpaired) electrons. The molecule has 2 aliphatic carbocycles. The highest BCUT2D eigenvalue weighted by atomic mass is 16.2. The van der Waals surface area contributed by atoms with Crippen LogP contribution in [0.1, 0.15) is 55.3 Å². The van der Waals surface area contributed by atoms with E-state index in [-0.39, 0.29) is 23.7 Å². The Labute approximate surface area is 195 Å². The lowest BCUT2D eigenvalue weighted by atomic mass is 9.77. The Bertz CT molecular complexity index is 1120. The summed E-state index contributed by atoms with van der Waals surface area (Å²) in [4.78, 5) is 34.4. The number of fused-ring (bicyclic) bond motifs is 3. The van der Waals surface area contributed by atoms with Crippen molar-refractivity contribution in [1.82, 2.24) is 20.1 Å². The summed E-state index contributed by atoms with van der Waals surface area (Å²) in [6.45, 7) is 2.14. The Morgan fingerprint density at radius 3 is 2.70 bits per heavy atom. The molecule has 2 saturated carbocycles. The summed E-state index contributed by atoms with van der Waals surface area (Å²) in [7, 11) is 4.13. The maximum Gasteiger partial charge on any atom is 0.226 e. The van der Waals surface area contributed by atoms with E-state index in [0.29, 0.717) is 25.9 Å². The van der Waals surface area contributed by atoms with Crippen LogP contribution in [0.5, 0.6) is 0 Å². The summed E-state index contributed by atoms with van der Waals surface area (Å²) in [5.41, 5.74) is 4.13. The molecule has 1 aromatic carbocycles. The van der Waals surface area contributed by atoms with E-state index in [2.05, 4.69) is 53.6 Å². The van der Waals surface area contributed by atoms with Gasteiger partial charge in [-0.15, -0.1) is 0 Å². The predicted octanol–water partition coefficient (Wildman–Crippen LogP) is 3.09. The number of nitrogens with zero attached hydrogens (tertiary/aromatic N) is 3. The van der Waals surface area contributed by atoms with Gasteiger partial charge in [-0.05, 0) is 57.5 Å². The van der Waals surface area contributed by atoms with E-state index in [0.717, 1.165) is 44.2 Å². The zero-order valence-electron chi connectivity index (χ0n) is 19.6. The summed E-state index contributed by atoms with van der Waals surface area (Å²) in [6.07, 6.45) is 5.65. The molecule has 2 fully saturated rings. The first-order valence-electron chi connectivity index (χ1n) is 12.2. The molecule has 0 spiro atoms. The molecule has 2 heterocycles. The van der Waals surface area contributed by atoms with E-state index < -0.39 is 5.54 Å². The van der Waals surface area contributed by atoms with Crippen molar-refractivity contribution in [3.05, 3.63) is 35.0 Å². The second-order valence-electron chi connectivity index (χ2n) is 10.4.